The zero-order chi connectivity index (χ0) is 16.5. The number of aliphatic hydroxyl groups is 1. The van der Waals surface area contributed by atoms with Gasteiger partial charge in [0.1, 0.15) is 0 Å². The van der Waals surface area contributed by atoms with Crippen molar-refractivity contribution in [1.82, 2.24) is 0 Å². The predicted molar refractivity (Wildman–Crippen MR) is 96.4 cm³/mol. The predicted octanol–water partition coefficient (Wildman–Crippen LogP) is 4.43. The lowest BCUT2D eigenvalue weighted by Gasteiger charge is -2.34. The minimum absolute atomic E-state index is 0.0249. The Hall–Kier alpha value is -1.71. The van der Waals surface area contributed by atoms with E-state index in [9.17, 15) is 9.90 Å². The third kappa shape index (κ3) is 1.72. The summed E-state index contributed by atoms with van der Waals surface area (Å²) in [4.78, 5) is 12.9. The van der Waals surface area contributed by atoms with Crippen LogP contribution in [0.4, 0.5) is 0 Å². The van der Waals surface area contributed by atoms with Crippen molar-refractivity contribution in [1.29, 1.82) is 0 Å². The molecular formula is C21H17BrO2. The fraction of sp³-hybridized carbons (Fsp3) is 0.286. The van der Waals surface area contributed by atoms with Crippen molar-refractivity contribution in [3.05, 3.63) is 75.8 Å². The monoisotopic (exact) mass is 380 g/mol. The summed E-state index contributed by atoms with van der Waals surface area (Å²) in [5.74, 6) is 0.287. The maximum atomic E-state index is 12.9. The van der Waals surface area contributed by atoms with Crippen LogP contribution in [0.3, 0.4) is 0 Å². The molecule has 0 heterocycles. The normalized spacial score (nSPS) is 33.2. The summed E-state index contributed by atoms with van der Waals surface area (Å²) in [7, 11) is 0. The molecule has 0 aliphatic heterocycles. The first kappa shape index (κ1) is 14.6. The Kier molecular flexibility index (Phi) is 2.98. The number of ketones is 1. The second-order valence-corrected chi connectivity index (χ2v) is 8.04. The largest absolute Gasteiger partial charge is 0.377 e. The van der Waals surface area contributed by atoms with E-state index in [0.717, 1.165) is 22.0 Å². The number of rotatable bonds is 1. The Morgan fingerprint density at radius 1 is 1.08 bits per heavy atom. The van der Waals surface area contributed by atoms with Crippen LogP contribution in [-0.2, 0) is 10.4 Å². The van der Waals surface area contributed by atoms with Gasteiger partial charge in [0.05, 0.1) is 0 Å². The molecule has 3 aliphatic carbocycles. The van der Waals surface area contributed by atoms with Gasteiger partial charge in [-0.05, 0) is 52.7 Å². The van der Waals surface area contributed by atoms with Gasteiger partial charge in [-0.2, -0.15) is 0 Å². The third-order valence-electron chi connectivity index (χ3n) is 6.10. The van der Waals surface area contributed by atoms with E-state index < -0.39 is 5.60 Å². The van der Waals surface area contributed by atoms with Crippen LogP contribution in [0, 0.1) is 11.8 Å². The van der Waals surface area contributed by atoms with Gasteiger partial charge in [-0.15, -0.1) is 0 Å². The molecule has 1 N–H and O–H groups in total. The van der Waals surface area contributed by atoms with Crippen molar-refractivity contribution >= 4 is 27.3 Å². The van der Waals surface area contributed by atoms with E-state index >= 15 is 0 Å². The molecule has 0 aromatic heterocycles. The highest BCUT2D eigenvalue weighted by molar-refractivity contribution is 9.10. The van der Waals surface area contributed by atoms with E-state index in [1.165, 1.54) is 11.1 Å². The molecule has 2 aromatic carbocycles. The van der Waals surface area contributed by atoms with E-state index in [1.807, 2.05) is 30.3 Å². The maximum Gasteiger partial charge on any atom is 0.169 e. The summed E-state index contributed by atoms with van der Waals surface area (Å²) in [6, 6.07) is 16.3. The highest BCUT2D eigenvalue weighted by Crippen LogP contribution is 2.64. The first-order valence-electron chi connectivity index (χ1n) is 8.42. The topological polar surface area (TPSA) is 37.3 Å². The molecule has 0 radical (unpaired) electrons. The quantitative estimate of drug-likeness (QED) is 0.794. The van der Waals surface area contributed by atoms with Crippen molar-refractivity contribution in [3.63, 3.8) is 0 Å². The van der Waals surface area contributed by atoms with Crippen LogP contribution < -0.4 is 0 Å². The Balaban J connectivity index is 1.69. The maximum absolute atomic E-state index is 12.9. The number of Topliss-reactive ketones (excluding diaryl/α,β-unsaturated/α-hetero) is 1. The van der Waals surface area contributed by atoms with Gasteiger partial charge in [-0.3, -0.25) is 4.79 Å². The Labute approximate surface area is 149 Å². The SMILES string of the molecule is O=C1CC2C(c3ccccc3)=CCC3c4ccc(Br)cc4C1(O)C23. The van der Waals surface area contributed by atoms with Crippen molar-refractivity contribution in [2.75, 3.05) is 0 Å². The van der Waals surface area contributed by atoms with Crippen LogP contribution in [0.5, 0.6) is 0 Å². The van der Waals surface area contributed by atoms with Crippen LogP contribution in [0.1, 0.15) is 35.4 Å². The Morgan fingerprint density at radius 3 is 2.67 bits per heavy atom. The summed E-state index contributed by atoms with van der Waals surface area (Å²) < 4.78 is 0.917. The molecule has 5 rings (SSSR count). The van der Waals surface area contributed by atoms with E-state index in [-0.39, 0.29) is 23.5 Å². The van der Waals surface area contributed by atoms with Gasteiger partial charge in [0.25, 0.3) is 0 Å². The van der Waals surface area contributed by atoms with Gasteiger partial charge in [-0.25, -0.2) is 0 Å². The average Bonchev–Trinajstić information content (AvgIpc) is 3.02. The number of benzene rings is 2. The number of carbonyl (C=O) groups is 1. The molecule has 2 aromatic rings. The van der Waals surface area contributed by atoms with Gasteiger partial charge < -0.3 is 5.11 Å². The fourth-order valence-corrected chi connectivity index (χ4v) is 5.54. The van der Waals surface area contributed by atoms with Gasteiger partial charge in [0.15, 0.2) is 11.4 Å². The number of allylic oxidation sites excluding steroid dienone is 2. The van der Waals surface area contributed by atoms with Gasteiger partial charge in [0.2, 0.25) is 0 Å². The van der Waals surface area contributed by atoms with Crippen molar-refractivity contribution in [2.24, 2.45) is 11.8 Å². The molecule has 1 saturated carbocycles. The van der Waals surface area contributed by atoms with E-state index in [4.69, 9.17) is 0 Å². The molecule has 120 valence electrons. The minimum Gasteiger partial charge on any atom is -0.377 e. The molecule has 1 fully saturated rings. The lowest BCUT2D eigenvalue weighted by molar-refractivity contribution is -0.137. The molecule has 0 amide bonds. The molecule has 24 heavy (non-hydrogen) atoms. The first-order valence-corrected chi connectivity index (χ1v) is 9.21. The molecule has 4 atom stereocenters. The van der Waals surface area contributed by atoms with E-state index in [0.29, 0.717) is 6.42 Å². The second kappa shape index (κ2) is 4.90. The van der Waals surface area contributed by atoms with Gasteiger partial charge in [-0.1, -0.05) is 58.4 Å². The Bertz CT molecular complexity index is 886. The number of hydrogen-bond donors (Lipinski definition) is 1. The van der Waals surface area contributed by atoms with E-state index in [2.05, 4.69) is 40.2 Å². The summed E-state index contributed by atoms with van der Waals surface area (Å²) in [5, 5.41) is 11.4. The zero-order valence-electron chi connectivity index (χ0n) is 13.1. The third-order valence-corrected chi connectivity index (χ3v) is 6.60. The molecule has 0 spiro atoms. The van der Waals surface area contributed by atoms with Crippen LogP contribution in [-0.4, -0.2) is 10.9 Å². The standard InChI is InChI=1S/C21H17BrO2/c22-13-6-7-15-16-9-8-14(12-4-2-1-3-5-12)17-11-19(23)21(24,20(16)17)18(15)10-13/h1-8,10,16-17,20,24H,9,11H2. The highest BCUT2D eigenvalue weighted by atomic mass is 79.9. The molecule has 3 heteroatoms. The fourth-order valence-electron chi connectivity index (χ4n) is 5.18. The number of halogens is 1. The van der Waals surface area contributed by atoms with Crippen LogP contribution in [0.25, 0.3) is 5.57 Å². The summed E-state index contributed by atoms with van der Waals surface area (Å²) >= 11 is 3.49. The first-order chi connectivity index (χ1) is 11.6. The van der Waals surface area contributed by atoms with E-state index in [1.54, 1.807) is 0 Å². The molecule has 4 unspecified atom stereocenters. The van der Waals surface area contributed by atoms with Crippen LogP contribution >= 0.6 is 15.9 Å². The molecule has 0 saturated heterocycles. The molecule has 2 nitrogen and oxygen atoms in total. The second-order valence-electron chi connectivity index (χ2n) is 7.13. The summed E-state index contributed by atoms with van der Waals surface area (Å²) in [6.45, 7) is 0. The summed E-state index contributed by atoms with van der Waals surface area (Å²) in [5.41, 5.74) is 3.06. The van der Waals surface area contributed by atoms with Gasteiger partial charge >= 0.3 is 0 Å². The summed E-state index contributed by atoms with van der Waals surface area (Å²) in [6.07, 6.45) is 3.61. The highest BCUT2D eigenvalue weighted by Gasteiger charge is 2.64. The van der Waals surface area contributed by atoms with Crippen LogP contribution in [0.15, 0.2) is 59.1 Å². The van der Waals surface area contributed by atoms with Crippen LogP contribution in [0.2, 0.25) is 0 Å². The van der Waals surface area contributed by atoms with Crippen molar-refractivity contribution in [2.45, 2.75) is 24.4 Å². The van der Waals surface area contributed by atoms with Gasteiger partial charge in [0, 0.05) is 16.8 Å². The number of hydrogen-bond acceptors (Lipinski definition) is 2. The lowest BCUT2D eigenvalue weighted by Crippen LogP contribution is -2.36. The molecule has 3 aliphatic rings. The average molecular weight is 381 g/mol. The van der Waals surface area contributed by atoms with Crippen molar-refractivity contribution < 1.29 is 9.90 Å². The zero-order valence-corrected chi connectivity index (χ0v) is 14.7. The number of carbonyl (C=O) groups excluding carboxylic acids is 1. The lowest BCUT2D eigenvalue weighted by atomic mass is 9.70. The Morgan fingerprint density at radius 2 is 1.88 bits per heavy atom. The number of fused-ring (bicyclic) bond motifs is 3. The smallest absolute Gasteiger partial charge is 0.169 e. The molecule has 0 bridgehead atoms. The molecular weight excluding hydrogens is 364 g/mol. The minimum atomic E-state index is -1.32. The van der Waals surface area contributed by atoms with Crippen molar-refractivity contribution in [3.8, 4) is 0 Å².